The zero-order chi connectivity index (χ0) is 31.3. The topological polar surface area (TPSA) is 55.8 Å². The first-order chi connectivity index (χ1) is 21.2. The van der Waals surface area contributed by atoms with Crippen molar-refractivity contribution in [2.24, 2.45) is 0 Å². The Morgan fingerprint density at radius 3 is 1.47 bits per heavy atom. The lowest BCUT2D eigenvalue weighted by Gasteiger charge is -2.15. The molecule has 1 N–H and O–H groups in total. The lowest BCUT2D eigenvalue weighted by molar-refractivity contribution is -0.149. The first-order valence-electron chi connectivity index (χ1n) is 18.2. The van der Waals surface area contributed by atoms with E-state index >= 15 is 0 Å². The van der Waals surface area contributed by atoms with E-state index in [1.54, 1.807) is 0 Å². The molecule has 4 heteroatoms. The van der Waals surface area contributed by atoms with Crippen molar-refractivity contribution in [3.8, 4) is 0 Å². The molecule has 0 amide bonds. The van der Waals surface area contributed by atoms with Crippen LogP contribution in [0.3, 0.4) is 0 Å². The van der Waals surface area contributed by atoms with E-state index in [9.17, 15) is 9.90 Å². The number of carbonyl (C=O) groups is 1. The van der Waals surface area contributed by atoms with Gasteiger partial charge in [-0.1, -0.05) is 152 Å². The Morgan fingerprint density at radius 1 is 0.558 bits per heavy atom. The number of esters is 1. The second-order valence-corrected chi connectivity index (χ2v) is 11.9. The van der Waals surface area contributed by atoms with Crippen LogP contribution in [0, 0.1) is 0 Å². The van der Waals surface area contributed by atoms with Gasteiger partial charge in [0.1, 0.15) is 12.7 Å². The van der Waals surface area contributed by atoms with Crippen LogP contribution in [-0.2, 0) is 14.3 Å². The summed E-state index contributed by atoms with van der Waals surface area (Å²) in [5.74, 6) is -0.175. The molecule has 0 aliphatic heterocycles. The molecule has 0 aromatic heterocycles. The summed E-state index contributed by atoms with van der Waals surface area (Å²) in [6, 6.07) is 0. The number of rotatable bonds is 33. The molecule has 0 fully saturated rings. The van der Waals surface area contributed by atoms with Crippen molar-refractivity contribution in [3.05, 3.63) is 48.6 Å². The van der Waals surface area contributed by atoms with Gasteiger partial charge in [0.05, 0.1) is 6.61 Å². The van der Waals surface area contributed by atoms with Crippen LogP contribution in [0.4, 0.5) is 0 Å². The number of ether oxygens (including phenoxy) is 2. The molecule has 0 bridgehead atoms. The molecule has 0 rings (SSSR count). The minimum absolute atomic E-state index is 0.122. The highest BCUT2D eigenvalue weighted by Gasteiger charge is 2.11. The highest BCUT2D eigenvalue weighted by molar-refractivity contribution is 5.69. The molecule has 0 unspecified atom stereocenters. The van der Waals surface area contributed by atoms with Crippen molar-refractivity contribution in [1.29, 1.82) is 0 Å². The van der Waals surface area contributed by atoms with Gasteiger partial charge in [-0.25, -0.2) is 0 Å². The predicted molar refractivity (Wildman–Crippen MR) is 187 cm³/mol. The minimum Gasteiger partial charge on any atom is -0.463 e. The van der Waals surface area contributed by atoms with Crippen molar-refractivity contribution in [2.45, 2.75) is 174 Å². The van der Waals surface area contributed by atoms with Crippen LogP contribution in [0.25, 0.3) is 0 Å². The smallest absolute Gasteiger partial charge is 0.305 e. The normalized spacial score (nSPS) is 12.9. The predicted octanol–water partition coefficient (Wildman–Crippen LogP) is 11.5. The molecule has 0 aliphatic rings. The zero-order valence-electron chi connectivity index (χ0n) is 28.5. The van der Waals surface area contributed by atoms with E-state index in [-0.39, 0.29) is 19.2 Å². The second kappa shape index (κ2) is 36.5. The van der Waals surface area contributed by atoms with E-state index in [1.807, 2.05) is 0 Å². The van der Waals surface area contributed by atoms with Gasteiger partial charge in [-0.2, -0.15) is 0 Å². The van der Waals surface area contributed by atoms with Gasteiger partial charge in [0.25, 0.3) is 0 Å². The Bertz CT molecular complexity index is 679. The van der Waals surface area contributed by atoms with Crippen molar-refractivity contribution < 1.29 is 19.4 Å². The summed E-state index contributed by atoms with van der Waals surface area (Å²) in [6.45, 7) is 5.11. The number of aliphatic hydroxyl groups excluding tert-OH is 1. The third-order valence-electron chi connectivity index (χ3n) is 7.69. The zero-order valence-corrected chi connectivity index (χ0v) is 28.5. The maximum absolute atomic E-state index is 12.0. The SMILES string of the molecule is CCCCC/C=C\C/C=C\C/C=C\C/C=C\CCCCO[C@@H](CO)COC(=O)CCCCCCCCCCCCCCC. The molecule has 43 heavy (non-hydrogen) atoms. The molecular weight excluding hydrogens is 532 g/mol. The second-order valence-electron chi connectivity index (χ2n) is 11.9. The van der Waals surface area contributed by atoms with Crippen LogP contribution in [0.2, 0.25) is 0 Å². The molecule has 250 valence electrons. The molecule has 0 spiro atoms. The lowest BCUT2D eigenvalue weighted by Crippen LogP contribution is -2.26. The third kappa shape index (κ3) is 34.7. The molecule has 0 heterocycles. The molecule has 0 saturated heterocycles. The monoisotopic (exact) mass is 603 g/mol. The maximum Gasteiger partial charge on any atom is 0.305 e. The Balaban J connectivity index is 3.55. The van der Waals surface area contributed by atoms with Crippen LogP contribution in [0.15, 0.2) is 48.6 Å². The van der Waals surface area contributed by atoms with Crippen LogP contribution in [0.5, 0.6) is 0 Å². The summed E-state index contributed by atoms with van der Waals surface area (Å²) >= 11 is 0. The summed E-state index contributed by atoms with van der Waals surface area (Å²) < 4.78 is 11.1. The largest absolute Gasteiger partial charge is 0.463 e. The van der Waals surface area contributed by atoms with E-state index in [2.05, 4.69) is 62.5 Å². The van der Waals surface area contributed by atoms with E-state index in [4.69, 9.17) is 9.47 Å². The summed E-state index contributed by atoms with van der Waals surface area (Å²) in [6.07, 6.45) is 45.9. The van der Waals surface area contributed by atoms with Crippen LogP contribution in [0.1, 0.15) is 168 Å². The van der Waals surface area contributed by atoms with Gasteiger partial charge < -0.3 is 14.6 Å². The lowest BCUT2D eigenvalue weighted by atomic mass is 10.0. The van der Waals surface area contributed by atoms with Crippen LogP contribution < -0.4 is 0 Å². The Hall–Kier alpha value is -1.65. The molecular formula is C39H70O4. The Morgan fingerprint density at radius 2 is 0.977 bits per heavy atom. The van der Waals surface area contributed by atoms with Gasteiger partial charge in [0.2, 0.25) is 0 Å². The van der Waals surface area contributed by atoms with Crippen molar-refractivity contribution in [3.63, 3.8) is 0 Å². The van der Waals surface area contributed by atoms with Gasteiger partial charge in [-0.05, 0) is 57.8 Å². The number of unbranched alkanes of at least 4 members (excludes halogenated alkanes) is 17. The summed E-state index contributed by atoms with van der Waals surface area (Å²) in [5.41, 5.74) is 0. The van der Waals surface area contributed by atoms with Gasteiger partial charge in [-0.15, -0.1) is 0 Å². The molecule has 0 aromatic rings. The van der Waals surface area contributed by atoms with E-state index < -0.39 is 6.10 Å². The summed E-state index contributed by atoms with van der Waals surface area (Å²) in [4.78, 5) is 12.0. The molecule has 0 aromatic carbocycles. The van der Waals surface area contributed by atoms with E-state index in [0.29, 0.717) is 13.0 Å². The first-order valence-corrected chi connectivity index (χ1v) is 18.2. The highest BCUT2D eigenvalue weighted by atomic mass is 16.6. The minimum atomic E-state index is -0.424. The summed E-state index contributed by atoms with van der Waals surface area (Å²) in [5, 5.41) is 9.55. The van der Waals surface area contributed by atoms with Crippen LogP contribution >= 0.6 is 0 Å². The first kappa shape index (κ1) is 41.4. The molecule has 0 aliphatic carbocycles. The standard InChI is InChI=1S/C39H70O4/c1-3-5-7-9-11-13-15-17-18-19-20-21-23-25-27-29-31-33-35-42-38(36-40)37-43-39(41)34-32-30-28-26-24-22-16-14-12-10-8-6-4-2/h11,13,17-18,20-21,25,27,38,40H,3-10,12,14-16,19,22-24,26,28-37H2,1-2H3/b13-11-,18-17-,21-20-,27-25-/t38-/m0/s1. The quantitative estimate of drug-likeness (QED) is 0.0461. The number of carbonyl (C=O) groups excluding carboxylic acids is 1. The Labute approximate surface area is 267 Å². The number of allylic oxidation sites excluding steroid dienone is 8. The molecule has 0 radical (unpaired) electrons. The fraction of sp³-hybridized carbons (Fsp3) is 0.769. The van der Waals surface area contributed by atoms with Gasteiger partial charge in [0, 0.05) is 13.0 Å². The number of aliphatic hydroxyl groups is 1. The number of hydrogen-bond acceptors (Lipinski definition) is 4. The van der Waals surface area contributed by atoms with Crippen LogP contribution in [-0.4, -0.2) is 37.0 Å². The van der Waals surface area contributed by atoms with Crippen molar-refractivity contribution in [2.75, 3.05) is 19.8 Å². The summed E-state index contributed by atoms with van der Waals surface area (Å²) in [7, 11) is 0. The highest BCUT2D eigenvalue weighted by Crippen LogP contribution is 2.13. The third-order valence-corrected chi connectivity index (χ3v) is 7.69. The van der Waals surface area contributed by atoms with Gasteiger partial charge in [0.15, 0.2) is 0 Å². The number of hydrogen-bond donors (Lipinski definition) is 1. The maximum atomic E-state index is 12.0. The fourth-order valence-corrected chi connectivity index (χ4v) is 4.87. The molecule has 0 saturated carbocycles. The average Bonchev–Trinajstić information content (AvgIpc) is 3.02. The fourth-order valence-electron chi connectivity index (χ4n) is 4.87. The van der Waals surface area contributed by atoms with Crippen molar-refractivity contribution >= 4 is 5.97 Å². The van der Waals surface area contributed by atoms with E-state index in [1.165, 1.54) is 96.3 Å². The Kier molecular flexibility index (Phi) is 35.1. The van der Waals surface area contributed by atoms with Gasteiger partial charge in [-0.3, -0.25) is 4.79 Å². The molecule has 1 atom stereocenters. The van der Waals surface area contributed by atoms with Gasteiger partial charge >= 0.3 is 5.97 Å². The molecule has 4 nitrogen and oxygen atoms in total. The average molecular weight is 603 g/mol. The van der Waals surface area contributed by atoms with Crippen molar-refractivity contribution in [1.82, 2.24) is 0 Å². The van der Waals surface area contributed by atoms with E-state index in [0.717, 1.165) is 51.4 Å².